The van der Waals surface area contributed by atoms with Crippen molar-refractivity contribution in [3.63, 3.8) is 0 Å². The van der Waals surface area contributed by atoms with Crippen molar-refractivity contribution >= 4 is 23.3 Å². The van der Waals surface area contributed by atoms with Crippen LogP contribution in [0, 0.1) is 6.92 Å². The Hall–Kier alpha value is -2.30. The maximum atomic E-state index is 11.8. The van der Waals surface area contributed by atoms with Gasteiger partial charge in [-0.1, -0.05) is 11.6 Å². The summed E-state index contributed by atoms with van der Waals surface area (Å²) in [5.74, 6) is -1.21. The summed E-state index contributed by atoms with van der Waals surface area (Å²) in [6.07, 6.45) is -0.196. The molecule has 0 aliphatic carbocycles. The second kappa shape index (κ2) is 5.14. The molecule has 19 heavy (non-hydrogen) atoms. The van der Waals surface area contributed by atoms with E-state index >= 15 is 0 Å². The van der Waals surface area contributed by atoms with Crippen molar-refractivity contribution in [1.82, 2.24) is 0 Å². The van der Waals surface area contributed by atoms with Crippen LogP contribution >= 0.6 is 0 Å². The lowest BCUT2D eigenvalue weighted by Crippen LogP contribution is -2.15. The van der Waals surface area contributed by atoms with Gasteiger partial charge in [-0.2, -0.15) is 0 Å². The third-order valence-corrected chi connectivity index (χ3v) is 2.85. The summed E-state index contributed by atoms with van der Waals surface area (Å²) in [4.78, 5) is 23.5. The number of hydrogen-bond donors (Lipinski definition) is 2. The van der Waals surface area contributed by atoms with E-state index in [1.54, 1.807) is 19.1 Å². The van der Waals surface area contributed by atoms with Gasteiger partial charge >= 0.3 is 5.97 Å². The van der Waals surface area contributed by atoms with E-state index in [4.69, 9.17) is 4.74 Å². The van der Waals surface area contributed by atoms with Gasteiger partial charge in [0.05, 0.1) is 24.3 Å². The highest BCUT2D eigenvalue weighted by Crippen LogP contribution is 2.30. The summed E-state index contributed by atoms with van der Waals surface area (Å²) in [7, 11) is 0. The maximum absolute atomic E-state index is 11.8. The second-order valence-electron chi connectivity index (χ2n) is 4.32. The summed E-state index contributed by atoms with van der Waals surface area (Å²) in [6.45, 7) is 3.73. The highest BCUT2D eigenvalue weighted by atomic mass is 16.5. The van der Waals surface area contributed by atoms with Crippen molar-refractivity contribution in [3.05, 3.63) is 34.9 Å². The molecule has 1 aromatic carbocycles. The molecule has 1 aromatic rings. The first-order valence-electron chi connectivity index (χ1n) is 6.03. The number of benzene rings is 1. The molecule has 0 atom stereocenters. The lowest BCUT2D eigenvalue weighted by molar-refractivity contribution is -0.139. The highest BCUT2D eigenvalue weighted by molar-refractivity contribution is 6.08. The largest absolute Gasteiger partial charge is 0.507 e. The molecule has 5 nitrogen and oxygen atoms in total. The Kier molecular flexibility index (Phi) is 3.55. The third-order valence-electron chi connectivity index (χ3n) is 2.85. The molecule has 0 saturated carbocycles. The number of carbonyl (C=O) groups excluding carboxylic acids is 2. The summed E-state index contributed by atoms with van der Waals surface area (Å²) in [6, 6.07) is 5.24. The molecular formula is C14H15NO4. The fraction of sp³-hybridized carbons (Fsp3) is 0.286. The zero-order chi connectivity index (χ0) is 14.0. The van der Waals surface area contributed by atoms with Crippen LogP contribution in [0.4, 0.5) is 5.69 Å². The maximum Gasteiger partial charge on any atom is 0.338 e. The van der Waals surface area contributed by atoms with Crippen LogP contribution in [-0.2, 0) is 14.3 Å². The van der Waals surface area contributed by atoms with E-state index in [1.807, 2.05) is 13.0 Å². The van der Waals surface area contributed by atoms with Crippen LogP contribution in [-0.4, -0.2) is 23.6 Å². The Balaban J connectivity index is 2.55. The minimum Gasteiger partial charge on any atom is -0.507 e. The normalized spacial score (nSPS) is 14.5. The van der Waals surface area contributed by atoms with Gasteiger partial charge in [0, 0.05) is 5.56 Å². The standard InChI is InChI=1S/C14H15NO4/c1-3-19-14(18)10-7-12(16)15-11-5-4-8(2)6-9(11)13(10)17/h4-6,17H,3,7H2,1-2H3,(H,15,16). The smallest absolute Gasteiger partial charge is 0.338 e. The van der Waals surface area contributed by atoms with Crippen LogP contribution in [0.25, 0.3) is 5.76 Å². The van der Waals surface area contributed by atoms with Crippen LogP contribution in [0.1, 0.15) is 24.5 Å². The fourth-order valence-electron chi connectivity index (χ4n) is 1.95. The zero-order valence-corrected chi connectivity index (χ0v) is 10.8. The molecular weight excluding hydrogens is 246 g/mol. The number of aliphatic hydroxyl groups excluding tert-OH is 1. The molecule has 0 spiro atoms. The molecule has 1 amide bonds. The van der Waals surface area contributed by atoms with E-state index in [1.165, 1.54) is 0 Å². The molecule has 5 heteroatoms. The number of nitrogens with one attached hydrogen (secondary N) is 1. The molecule has 2 N–H and O–H groups in total. The number of amides is 1. The summed E-state index contributed by atoms with van der Waals surface area (Å²) in [5, 5.41) is 12.9. The van der Waals surface area contributed by atoms with Gasteiger partial charge in [0.2, 0.25) is 5.91 Å². The van der Waals surface area contributed by atoms with E-state index in [9.17, 15) is 14.7 Å². The molecule has 0 fully saturated rings. The van der Waals surface area contributed by atoms with E-state index in [0.717, 1.165) is 5.56 Å². The number of anilines is 1. The first kappa shape index (κ1) is 13.1. The summed E-state index contributed by atoms with van der Waals surface area (Å²) < 4.78 is 4.86. The van der Waals surface area contributed by atoms with Crippen LogP contribution in [0.3, 0.4) is 0 Å². The lowest BCUT2D eigenvalue weighted by Gasteiger charge is -2.08. The van der Waals surface area contributed by atoms with Crippen LogP contribution in [0.5, 0.6) is 0 Å². The second-order valence-corrected chi connectivity index (χ2v) is 4.32. The SMILES string of the molecule is CCOC(=O)C1=C(O)c2cc(C)ccc2NC(=O)C1. The first-order chi connectivity index (χ1) is 9.02. The topological polar surface area (TPSA) is 75.6 Å². The van der Waals surface area contributed by atoms with Crippen molar-refractivity contribution < 1.29 is 19.4 Å². The molecule has 100 valence electrons. The van der Waals surface area contributed by atoms with Gasteiger partial charge in [-0.25, -0.2) is 4.79 Å². The minimum atomic E-state index is -0.662. The van der Waals surface area contributed by atoms with Gasteiger partial charge in [0.1, 0.15) is 5.76 Å². The van der Waals surface area contributed by atoms with Crippen LogP contribution < -0.4 is 5.32 Å². The van der Waals surface area contributed by atoms with Gasteiger partial charge in [0.15, 0.2) is 0 Å². The van der Waals surface area contributed by atoms with E-state index in [0.29, 0.717) is 11.3 Å². The quantitative estimate of drug-likeness (QED) is 0.800. The van der Waals surface area contributed by atoms with Gasteiger partial charge in [0.25, 0.3) is 0 Å². The van der Waals surface area contributed by atoms with Gasteiger partial charge < -0.3 is 15.2 Å². The van der Waals surface area contributed by atoms with Crippen molar-refractivity contribution in [2.45, 2.75) is 20.3 Å². The van der Waals surface area contributed by atoms with Gasteiger partial charge in [-0.3, -0.25) is 4.79 Å². The molecule has 2 rings (SSSR count). The monoisotopic (exact) mass is 261 g/mol. The average molecular weight is 261 g/mol. The van der Waals surface area contributed by atoms with Crippen molar-refractivity contribution in [2.24, 2.45) is 0 Å². The third kappa shape index (κ3) is 2.59. The van der Waals surface area contributed by atoms with Gasteiger partial charge in [-0.05, 0) is 26.0 Å². The Morgan fingerprint density at radius 3 is 2.89 bits per heavy atom. The summed E-state index contributed by atoms with van der Waals surface area (Å²) in [5.41, 5.74) is 1.84. The Morgan fingerprint density at radius 2 is 2.21 bits per heavy atom. The number of esters is 1. The minimum absolute atomic E-state index is 0.0105. The molecule has 0 bridgehead atoms. The molecule has 0 aromatic heterocycles. The molecule has 1 aliphatic rings. The molecule has 0 unspecified atom stereocenters. The number of rotatable bonds is 2. The van der Waals surface area contributed by atoms with E-state index < -0.39 is 5.97 Å². The average Bonchev–Trinajstić information content (AvgIpc) is 2.48. The van der Waals surface area contributed by atoms with E-state index in [-0.39, 0.29) is 30.3 Å². The lowest BCUT2D eigenvalue weighted by atomic mass is 10.0. The molecule has 1 heterocycles. The first-order valence-corrected chi connectivity index (χ1v) is 6.03. The Bertz CT molecular complexity index is 575. The highest BCUT2D eigenvalue weighted by Gasteiger charge is 2.26. The number of aliphatic hydroxyl groups is 1. The van der Waals surface area contributed by atoms with Crippen molar-refractivity contribution in [1.29, 1.82) is 0 Å². The Labute approximate surface area is 110 Å². The fourth-order valence-corrected chi connectivity index (χ4v) is 1.95. The van der Waals surface area contributed by atoms with E-state index in [2.05, 4.69) is 5.32 Å². The zero-order valence-electron chi connectivity index (χ0n) is 10.8. The molecule has 0 saturated heterocycles. The number of ether oxygens (including phenoxy) is 1. The Morgan fingerprint density at radius 1 is 1.47 bits per heavy atom. The van der Waals surface area contributed by atoms with Crippen molar-refractivity contribution in [2.75, 3.05) is 11.9 Å². The number of carbonyl (C=O) groups is 2. The number of hydrogen-bond acceptors (Lipinski definition) is 4. The van der Waals surface area contributed by atoms with Crippen LogP contribution in [0.15, 0.2) is 23.8 Å². The number of aryl methyl sites for hydroxylation is 1. The van der Waals surface area contributed by atoms with Crippen molar-refractivity contribution in [3.8, 4) is 0 Å². The van der Waals surface area contributed by atoms with Crippen LogP contribution in [0.2, 0.25) is 0 Å². The summed E-state index contributed by atoms with van der Waals surface area (Å²) >= 11 is 0. The molecule has 0 radical (unpaired) electrons. The predicted octanol–water partition coefficient (Wildman–Crippen LogP) is 2.17. The molecule has 1 aliphatic heterocycles. The van der Waals surface area contributed by atoms with Gasteiger partial charge in [-0.15, -0.1) is 0 Å². The predicted molar refractivity (Wildman–Crippen MR) is 70.6 cm³/mol. The number of fused-ring (bicyclic) bond motifs is 1.